The van der Waals surface area contributed by atoms with Crippen molar-refractivity contribution in [3.8, 4) is 17.5 Å². The Kier molecular flexibility index (Phi) is 5.37. The van der Waals surface area contributed by atoms with E-state index in [1.807, 2.05) is 26.0 Å². The number of aromatic nitrogens is 3. The highest BCUT2D eigenvalue weighted by atomic mass is 32.2. The summed E-state index contributed by atoms with van der Waals surface area (Å²) in [5.74, 6) is -0.116. The zero-order valence-corrected chi connectivity index (χ0v) is 18.0. The first-order valence-electron chi connectivity index (χ1n) is 9.89. The molecule has 0 spiro atoms. The minimum atomic E-state index is -2.92. The molecule has 1 saturated heterocycles. The van der Waals surface area contributed by atoms with Crippen LogP contribution in [0.3, 0.4) is 0 Å². The molecular weight excluding hydrogens is 416 g/mol. The van der Waals surface area contributed by atoms with E-state index in [2.05, 4.69) is 26.8 Å². The minimum absolute atomic E-state index is 0.0425. The molecule has 0 radical (unpaired) electrons. The monoisotopic (exact) mass is 438 g/mol. The highest BCUT2D eigenvalue weighted by molar-refractivity contribution is 7.92. The van der Waals surface area contributed by atoms with E-state index in [0.717, 1.165) is 11.2 Å². The zero-order valence-electron chi connectivity index (χ0n) is 17.2. The molecule has 0 unspecified atom stereocenters. The average molecular weight is 439 g/mol. The number of amides is 1. The highest BCUT2D eigenvalue weighted by Crippen LogP contribution is 2.26. The van der Waals surface area contributed by atoms with Crippen molar-refractivity contribution in [2.45, 2.75) is 19.9 Å². The topological polar surface area (TPSA) is 129 Å². The lowest BCUT2D eigenvalue weighted by Crippen LogP contribution is -2.44. The Morgan fingerprint density at radius 2 is 2.06 bits per heavy atom. The van der Waals surface area contributed by atoms with Gasteiger partial charge >= 0.3 is 0 Å². The van der Waals surface area contributed by atoms with Crippen molar-refractivity contribution in [1.82, 2.24) is 19.9 Å². The van der Waals surface area contributed by atoms with Gasteiger partial charge in [0.1, 0.15) is 6.07 Å². The quantitative estimate of drug-likeness (QED) is 0.601. The Balaban J connectivity index is 1.61. The number of anilines is 1. The molecular formula is C21H22N6O3S. The first-order chi connectivity index (χ1) is 14.8. The summed E-state index contributed by atoms with van der Waals surface area (Å²) in [6.07, 6.45) is 3.00. The minimum Gasteiger partial charge on any atom is -0.382 e. The summed E-state index contributed by atoms with van der Waals surface area (Å²) >= 11 is 0. The fourth-order valence-corrected chi connectivity index (χ4v) is 5.16. The van der Waals surface area contributed by atoms with Gasteiger partial charge in [0.2, 0.25) is 0 Å². The van der Waals surface area contributed by atoms with Crippen molar-refractivity contribution in [2.24, 2.45) is 5.92 Å². The Hall–Kier alpha value is -3.45. The van der Waals surface area contributed by atoms with Gasteiger partial charge in [-0.25, -0.2) is 12.9 Å². The van der Waals surface area contributed by atoms with Gasteiger partial charge in [0.05, 0.1) is 51.4 Å². The molecule has 0 saturated carbocycles. The van der Waals surface area contributed by atoms with Crippen LogP contribution in [0, 0.1) is 17.2 Å². The Bertz CT molecular complexity index is 1290. The number of fused-ring (bicyclic) bond motifs is 1. The van der Waals surface area contributed by atoms with Crippen LogP contribution in [0.4, 0.5) is 5.69 Å². The van der Waals surface area contributed by atoms with Crippen LogP contribution < -0.4 is 10.6 Å². The summed E-state index contributed by atoms with van der Waals surface area (Å²) in [4.78, 5) is 17.2. The molecule has 0 aromatic carbocycles. The van der Waals surface area contributed by atoms with E-state index in [1.165, 1.54) is 12.4 Å². The summed E-state index contributed by atoms with van der Waals surface area (Å²) in [6, 6.07) is 9.41. The maximum Gasteiger partial charge on any atom is 0.254 e. The maximum absolute atomic E-state index is 12.7. The van der Waals surface area contributed by atoms with E-state index in [-0.39, 0.29) is 29.4 Å². The van der Waals surface area contributed by atoms with Crippen molar-refractivity contribution < 1.29 is 13.2 Å². The van der Waals surface area contributed by atoms with Crippen molar-refractivity contribution in [1.29, 1.82) is 5.26 Å². The number of rotatable bonds is 6. The van der Waals surface area contributed by atoms with Crippen LogP contribution in [-0.4, -0.2) is 53.0 Å². The first-order valence-corrected chi connectivity index (χ1v) is 11.7. The summed E-state index contributed by atoms with van der Waals surface area (Å²) in [6.45, 7) is 4.26. The molecule has 3 aromatic heterocycles. The van der Waals surface area contributed by atoms with E-state index in [9.17, 15) is 13.2 Å². The summed E-state index contributed by atoms with van der Waals surface area (Å²) in [5.41, 5.74) is 3.62. The second-order valence-corrected chi connectivity index (χ2v) is 10.1. The molecule has 4 heterocycles. The van der Waals surface area contributed by atoms with Crippen LogP contribution >= 0.6 is 0 Å². The number of nitrogens with one attached hydrogen (secondary N) is 2. The molecule has 3 aromatic rings. The Morgan fingerprint density at radius 3 is 2.74 bits per heavy atom. The number of carbonyl (C=O) groups excluding carboxylic acids is 1. The molecule has 1 aliphatic heterocycles. The highest BCUT2D eigenvalue weighted by Gasteiger charge is 2.33. The third-order valence-electron chi connectivity index (χ3n) is 5.02. The number of hydrogen-bond acceptors (Lipinski definition) is 7. The summed E-state index contributed by atoms with van der Waals surface area (Å²) < 4.78 is 24.3. The number of carbonyl (C=O) groups is 1. The largest absolute Gasteiger partial charge is 0.382 e. The molecule has 160 valence electrons. The smallest absolute Gasteiger partial charge is 0.254 e. The molecule has 2 N–H and O–H groups in total. The van der Waals surface area contributed by atoms with Crippen LogP contribution in [0.2, 0.25) is 0 Å². The van der Waals surface area contributed by atoms with Crippen molar-refractivity contribution >= 4 is 26.9 Å². The molecule has 4 rings (SSSR count). The fourth-order valence-electron chi connectivity index (χ4n) is 3.58. The summed E-state index contributed by atoms with van der Waals surface area (Å²) in [5, 5.41) is 19.5. The number of pyridine rings is 1. The second kappa shape index (κ2) is 8.00. The molecule has 1 fully saturated rings. The van der Waals surface area contributed by atoms with E-state index in [1.54, 1.807) is 16.6 Å². The molecule has 0 bridgehead atoms. The number of nitriles is 1. The lowest BCUT2D eigenvalue weighted by atomic mass is 10.1. The zero-order chi connectivity index (χ0) is 22.2. The first kappa shape index (κ1) is 20.8. The summed E-state index contributed by atoms with van der Waals surface area (Å²) in [7, 11) is -2.92. The maximum atomic E-state index is 12.7. The van der Waals surface area contributed by atoms with Crippen molar-refractivity contribution in [3.63, 3.8) is 0 Å². The molecule has 0 aliphatic carbocycles. The number of hydrogen-bond donors (Lipinski definition) is 2. The van der Waals surface area contributed by atoms with E-state index in [4.69, 9.17) is 5.26 Å². The SMILES string of the molecule is CC(C)Nc1cc(-c2ccc3cc(C#N)cnn23)ncc1C(=O)NCC1CS(=O)(=O)C1. The number of nitrogens with zero attached hydrogens (tertiary/aromatic N) is 4. The van der Waals surface area contributed by atoms with Crippen LogP contribution in [0.5, 0.6) is 0 Å². The van der Waals surface area contributed by atoms with Crippen molar-refractivity contribution in [2.75, 3.05) is 23.4 Å². The van der Waals surface area contributed by atoms with Crippen LogP contribution in [0.1, 0.15) is 29.8 Å². The predicted octanol–water partition coefficient (Wildman–Crippen LogP) is 1.86. The average Bonchev–Trinajstić information content (AvgIpc) is 3.13. The fraction of sp³-hybridized carbons (Fsp3) is 0.333. The third-order valence-corrected chi connectivity index (χ3v) is 6.97. The van der Waals surface area contributed by atoms with Gasteiger partial charge in [-0.05, 0) is 38.1 Å². The van der Waals surface area contributed by atoms with Gasteiger partial charge in [-0.3, -0.25) is 9.78 Å². The lowest BCUT2D eigenvalue weighted by Gasteiger charge is -2.26. The lowest BCUT2D eigenvalue weighted by molar-refractivity contribution is 0.0949. The van der Waals surface area contributed by atoms with Crippen molar-refractivity contribution in [3.05, 3.63) is 47.8 Å². The van der Waals surface area contributed by atoms with Crippen LogP contribution in [-0.2, 0) is 9.84 Å². The predicted molar refractivity (Wildman–Crippen MR) is 116 cm³/mol. The van der Waals surface area contributed by atoms with Gasteiger partial charge in [0, 0.05) is 24.7 Å². The van der Waals surface area contributed by atoms with E-state index in [0.29, 0.717) is 29.1 Å². The Labute approximate surface area is 180 Å². The van der Waals surface area contributed by atoms with E-state index < -0.39 is 9.84 Å². The van der Waals surface area contributed by atoms with Gasteiger partial charge in [0.15, 0.2) is 9.84 Å². The molecule has 1 aliphatic rings. The van der Waals surface area contributed by atoms with Crippen LogP contribution in [0.25, 0.3) is 16.9 Å². The van der Waals surface area contributed by atoms with Gasteiger partial charge in [-0.15, -0.1) is 0 Å². The third kappa shape index (κ3) is 4.36. The van der Waals surface area contributed by atoms with Gasteiger partial charge in [-0.1, -0.05) is 0 Å². The number of sulfone groups is 1. The standard InChI is InChI=1S/C21H22N6O3S/c1-13(2)26-18-6-19(20-4-3-16-5-14(7-22)9-25-27(16)20)23-10-17(18)21(28)24-8-15-11-31(29,30)12-15/h3-6,9-10,13,15H,8,11-12H2,1-2H3,(H,23,26)(H,24,28). The molecule has 1 amide bonds. The Morgan fingerprint density at radius 1 is 1.29 bits per heavy atom. The molecule has 10 heteroatoms. The van der Waals surface area contributed by atoms with Gasteiger partial charge in [-0.2, -0.15) is 10.4 Å². The normalized spacial score (nSPS) is 15.4. The van der Waals surface area contributed by atoms with Gasteiger partial charge < -0.3 is 10.6 Å². The molecule has 0 atom stereocenters. The molecule has 9 nitrogen and oxygen atoms in total. The van der Waals surface area contributed by atoms with Crippen LogP contribution in [0.15, 0.2) is 36.7 Å². The second-order valence-electron chi connectivity index (χ2n) is 7.98. The molecule has 31 heavy (non-hydrogen) atoms. The van der Waals surface area contributed by atoms with E-state index >= 15 is 0 Å². The van der Waals surface area contributed by atoms with Gasteiger partial charge in [0.25, 0.3) is 5.91 Å².